The zero-order valence-electron chi connectivity index (χ0n) is 6.91. The lowest BCUT2D eigenvalue weighted by Crippen LogP contribution is -1.98. The van der Waals surface area contributed by atoms with Crippen LogP contribution in [-0.2, 0) is 11.3 Å². The Balaban J connectivity index is 2.84. The Kier molecular flexibility index (Phi) is 3.05. The Morgan fingerprint density at radius 3 is 3.00 bits per heavy atom. The van der Waals surface area contributed by atoms with Gasteiger partial charge in [0.1, 0.15) is 12.2 Å². The van der Waals surface area contributed by atoms with Crippen molar-refractivity contribution in [3.63, 3.8) is 0 Å². The fourth-order valence-corrected chi connectivity index (χ4v) is 1.06. The largest absolute Gasteiger partial charge is 0.485 e. The SMILES string of the molecule is Cc1cccc(COC=S)c1N. The molecular formula is C9H11NOS. The lowest BCUT2D eigenvalue weighted by atomic mass is 10.1. The molecule has 1 aromatic rings. The Labute approximate surface area is 77.3 Å². The van der Waals surface area contributed by atoms with Gasteiger partial charge in [-0.2, -0.15) is 0 Å². The summed E-state index contributed by atoms with van der Waals surface area (Å²) < 4.78 is 4.97. The number of hydrogen-bond donors (Lipinski definition) is 1. The second kappa shape index (κ2) is 4.07. The fraction of sp³-hybridized carbons (Fsp3) is 0.222. The summed E-state index contributed by atoms with van der Waals surface area (Å²) in [5, 5.41) is 0. The summed E-state index contributed by atoms with van der Waals surface area (Å²) in [5.74, 6) is 0. The summed E-state index contributed by atoms with van der Waals surface area (Å²) in [4.78, 5) is 0. The van der Waals surface area contributed by atoms with Crippen molar-refractivity contribution < 1.29 is 4.74 Å². The van der Waals surface area contributed by atoms with E-state index in [1.807, 2.05) is 25.1 Å². The Bertz CT molecular complexity index is 286. The molecule has 2 N–H and O–H groups in total. The predicted molar refractivity (Wildman–Crippen MR) is 54.0 cm³/mol. The lowest BCUT2D eigenvalue weighted by molar-refractivity contribution is 0.316. The smallest absolute Gasteiger partial charge is 0.146 e. The van der Waals surface area contributed by atoms with E-state index in [4.69, 9.17) is 10.5 Å². The number of thiocarbonyl (C=S) groups is 1. The van der Waals surface area contributed by atoms with E-state index >= 15 is 0 Å². The number of nitrogen functional groups attached to an aromatic ring is 1. The average molecular weight is 181 g/mol. The molecular weight excluding hydrogens is 170 g/mol. The molecule has 3 heteroatoms. The molecule has 1 aromatic carbocycles. The van der Waals surface area contributed by atoms with Crippen LogP contribution in [0.15, 0.2) is 18.2 Å². The third-order valence-corrected chi connectivity index (χ3v) is 1.86. The molecule has 12 heavy (non-hydrogen) atoms. The zero-order chi connectivity index (χ0) is 8.97. The number of benzene rings is 1. The molecule has 0 fully saturated rings. The van der Waals surface area contributed by atoms with E-state index < -0.39 is 0 Å². The van der Waals surface area contributed by atoms with Gasteiger partial charge in [-0.1, -0.05) is 18.2 Å². The number of hydrogen-bond acceptors (Lipinski definition) is 3. The summed E-state index contributed by atoms with van der Waals surface area (Å²) in [7, 11) is 0. The van der Waals surface area contributed by atoms with E-state index in [-0.39, 0.29) is 0 Å². The minimum atomic E-state index is 0.455. The summed E-state index contributed by atoms with van der Waals surface area (Å²) in [6, 6.07) is 5.85. The van der Waals surface area contributed by atoms with Gasteiger partial charge < -0.3 is 10.5 Å². The molecule has 0 atom stereocenters. The van der Waals surface area contributed by atoms with Crippen LogP contribution in [0.5, 0.6) is 0 Å². The van der Waals surface area contributed by atoms with Crippen LogP contribution in [0, 0.1) is 6.92 Å². The van der Waals surface area contributed by atoms with Crippen molar-refractivity contribution in [1.82, 2.24) is 0 Å². The first-order valence-corrected chi connectivity index (χ1v) is 4.12. The van der Waals surface area contributed by atoms with Crippen molar-refractivity contribution in [2.75, 3.05) is 5.73 Å². The Morgan fingerprint density at radius 2 is 2.33 bits per heavy atom. The van der Waals surface area contributed by atoms with Crippen LogP contribution in [0.2, 0.25) is 0 Å². The maximum Gasteiger partial charge on any atom is 0.146 e. The van der Waals surface area contributed by atoms with Gasteiger partial charge in [0.2, 0.25) is 0 Å². The van der Waals surface area contributed by atoms with E-state index in [9.17, 15) is 0 Å². The van der Waals surface area contributed by atoms with E-state index in [0.717, 1.165) is 16.8 Å². The number of anilines is 1. The van der Waals surface area contributed by atoms with Crippen molar-refractivity contribution in [2.24, 2.45) is 0 Å². The van der Waals surface area contributed by atoms with E-state index in [1.54, 1.807) is 0 Å². The van der Waals surface area contributed by atoms with Crippen molar-refractivity contribution >= 4 is 23.5 Å². The van der Waals surface area contributed by atoms with Crippen LogP contribution >= 0.6 is 12.2 Å². The van der Waals surface area contributed by atoms with Gasteiger partial charge >= 0.3 is 0 Å². The standard InChI is InChI=1S/C9H11NOS/c1-7-3-2-4-8(9(7)10)5-11-6-12/h2-4,6H,5,10H2,1H3. The molecule has 0 aliphatic carbocycles. The zero-order valence-corrected chi connectivity index (χ0v) is 7.73. The highest BCUT2D eigenvalue weighted by Crippen LogP contribution is 2.16. The van der Waals surface area contributed by atoms with E-state index in [2.05, 4.69) is 12.2 Å². The molecule has 0 radical (unpaired) electrons. The van der Waals surface area contributed by atoms with Crippen LogP contribution in [0.25, 0.3) is 0 Å². The van der Waals surface area contributed by atoms with Crippen molar-refractivity contribution in [1.29, 1.82) is 0 Å². The molecule has 1 rings (SSSR count). The van der Waals surface area contributed by atoms with Gasteiger partial charge in [-0.05, 0) is 24.7 Å². The van der Waals surface area contributed by atoms with E-state index in [0.29, 0.717) is 6.61 Å². The average Bonchev–Trinajstić information content (AvgIpc) is 2.08. The molecule has 0 saturated carbocycles. The van der Waals surface area contributed by atoms with Gasteiger partial charge in [0.05, 0.1) is 0 Å². The third kappa shape index (κ3) is 1.95. The number of nitrogens with two attached hydrogens (primary N) is 1. The van der Waals surface area contributed by atoms with Crippen molar-refractivity contribution in [3.8, 4) is 0 Å². The molecule has 0 spiro atoms. The summed E-state index contributed by atoms with van der Waals surface area (Å²) in [6.07, 6.45) is 0. The molecule has 0 aliphatic heterocycles. The van der Waals surface area contributed by atoms with Crippen LogP contribution in [0.3, 0.4) is 0 Å². The molecule has 0 amide bonds. The summed E-state index contributed by atoms with van der Waals surface area (Å²) >= 11 is 4.54. The quantitative estimate of drug-likeness (QED) is 0.572. The second-order valence-corrected chi connectivity index (χ2v) is 2.75. The summed E-state index contributed by atoms with van der Waals surface area (Å²) in [6.45, 7) is 2.42. The van der Waals surface area contributed by atoms with Gasteiger partial charge in [-0.3, -0.25) is 0 Å². The Hall–Kier alpha value is -1.09. The normalized spacial score (nSPS) is 9.42. The minimum absolute atomic E-state index is 0.455. The van der Waals surface area contributed by atoms with Crippen LogP contribution in [0.1, 0.15) is 11.1 Å². The van der Waals surface area contributed by atoms with Gasteiger partial charge in [0.15, 0.2) is 0 Å². The molecule has 0 bridgehead atoms. The maximum atomic E-state index is 5.80. The van der Waals surface area contributed by atoms with Gasteiger partial charge in [0, 0.05) is 11.3 Å². The highest BCUT2D eigenvalue weighted by molar-refractivity contribution is 7.78. The highest BCUT2D eigenvalue weighted by atomic mass is 32.1. The molecule has 64 valence electrons. The third-order valence-electron chi connectivity index (χ3n) is 1.72. The van der Waals surface area contributed by atoms with Gasteiger partial charge in [-0.25, -0.2) is 0 Å². The molecule has 2 nitrogen and oxygen atoms in total. The van der Waals surface area contributed by atoms with Crippen LogP contribution in [-0.4, -0.2) is 5.55 Å². The lowest BCUT2D eigenvalue weighted by Gasteiger charge is -2.06. The van der Waals surface area contributed by atoms with Crippen molar-refractivity contribution in [3.05, 3.63) is 29.3 Å². The predicted octanol–water partition coefficient (Wildman–Crippen LogP) is 2.05. The highest BCUT2D eigenvalue weighted by Gasteiger charge is 1.99. The van der Waals surface area contributed by atoms with Crippen molar-refractivity contribution in [2.45, 2.75) is 13.5 Å². The number of aryl methyl sites for hydroxylation is 1. The first kappa shape index (κ1) is 9.00. The monoisotopic (exact) mass is 181 g/mol. The minimum Gasteiger partial charge on any atom is -0.485 e. The Morgan fingerprint density at radius 1 is 1.58 bits per heavy atom. The number of para-hydroxylation sites is 1. The topological polar surface area (TPSA) is 35.2 Å². The van der Waals surface area contributed by atoms with Crippen LogP contribution in [0.4, 0.5) is 5.69 Å². The van der Waals surface area contributed by atoms with Gasteiger partial charge in [-0.15, -0.1) is 0 Å². The molecule has 0 aromatic heterocycles. The molecule has 0 unspecified atom stereocenters. The number of ether oxygens (including phenoxy) is 1. The first-order valence-electron chi connectivity index (χ1n) is 3.65. The molecule has 0 heterocycles. The fourth-order valence-electron chi connectivity index (χ4n) is 0.991. The van der Waals surface area contributed by atoms with Crippen LogP contribution < -0.4 is 5.73 Å². The first-order chi connectivity index (χ1) is 5.75. The molecule has 0 saturated heterocycles. The summed E-state index contributed by atoms with van der Waals surface area (Å²) in [5.41, 5.74) is 9.89. The van der Waals surface area contributed by atoms with Gasteiger partial charge in [0.25, 0.3) is 0 Å². The second-order valence-electron chi connectivity index (χ2n) is 2.55. The molecule has 0 aliphatic rings. The maximum absolute atomic E-state index is 5.80. The number of rotatable bonds is 3. The van der Waals surface area contributed by atoms with E-state index in [1.165, 1.54) is 5.55 Å².